The summed E-state index contributed by atoms with van der Waals surface area (Å²) in [6, 6.07) is 8.31. The molecule has 1 unspecified atom stereocenters. The topological polar surface area (TPSA) is 41.1 Å². The molecule has 0 saturated carbocycles. The highest BCUT2D eigenvalue weighted by molar-refractivity contribution is 5.79. The summed E-state index contributed by atoms with van der Waals surface area (Å²) in [6.45, 7) is 6.05. The van der Waals surface area contributed by atoms with Crippen LogP contribution in [0.2, 0.25) is 0 Å². The predicted octanol–water partition coefficient (Wildman–Crippen LogP) is 2.17. The first kappa shape index (κ1) is 13.1. The minimum atomic E-state index is 0.0913. The molecule has 0 radical (unpaired) electrons. The van der Waals surface area contributed by atoms with Crippen molar-refractivity contribution in [2.45, 2.75) is 32.7 Å². The molecule has 3 nitrogen and oxygen atoms in total. The summed E-state index contributed by atoms with van der Waals surface area (Å²) in [4.78, 5) is 12.2. The number of hydrogen-bond donors (Lipinski definition) is 2. The molecule has 3 heteroatoms. The number of hydrogen-bond acceptors (Lipinski definition) is 2. The quantitative estimate of drug-likeness (QED) is 0.858. The maximum atomic E-state index is 12.2. The van der Waals surface area contributed by atoms with Crippen molar-refractivity contribution in [3.63, 3.8) is 0 Å². The Morgan fingerprint density at radius 2 is 2.00 bits per heavy atom. The van der Waals surface area contributed by atoms with Gasteiger partial charge in [-0.15, -0.1) is 0 Å². The van der Waals surface area contributed by atoms with Crippen LogP contribution in [0.15, 0.2) is 24.3 Å². The van der Waals surface area contributed by atoms with Gasteiger partial charge in [0.05, 0.1) is 6.04 Å². The zero-order valence-corrected chi connectivity index (χ0v) is 11.2. The van der Waals surface area contributed by atoms with Crippen LogP contribution in [-0.2, 0) is 4.79 Å². The molecule has 1 atom stereocenters. The Hall–Kier alpha value is -1.35. The number of benzene rings is 1. The monoisotopic (exact) mass is 246 g/mol. The first-order valence-corrected chi connectivity index (χ1v) is 6.75. The summed E-state index contributed by atoms with van der Waals surface area (Å²) in [6.07, 6.45) is 1.90. The molecule has 98 valence electrons. The van der Waals surface area contributed by atoms with Gasteiger partial charge < -0.3 is 10.6 Å². The lowest BCUT2D eigenvalue weighted by Crippen LogP contribution is -2.39. The fraction of sp³-hybridized carbons (Fsp3) is 0.533. The number of rotatable bonds is 3. The SMILES string of the molecule is Cc1ccccc1C(C)NC(=O)C1CCNCC1. The van der Waals surface area contributed by atoms with E-state index in [-0.39, 0.29) is 17.9 Å². The number of piperidine rings is 1. The second kappa shape index (κ2) is 6.01. The van der Waals surface area contributed by atoms with Gasteiger partial charge in [0.25, 0.3) is 0 Å². The Labute approximate surface area is 109 Å². The van der Waals surface area contributed by atoms with Crippen molar-refractivity contribution in [2.24, 2.45) is 5.92 Å². The van der Waals surface area contributed by atoms with E-state index in [4.69, 9.17) is 0 Å². The van der Waals surface area contributed by atoms with Crippen molar-refractivity contribution >= 4 is 5.91 Å². The van der Waals surface area contributed by atoms with Crippen LogP contribution in [0.5, 0.6) is 0 Å². The van der Waals surface area contributed by atoms with Crippen LogP contribution in [0.3, 0.4) is 0 Å². The van der Waals surface area contributed by atoms with Gasteiger partial charge in [0.15, 0.2) is 0 Å². The van der Waals surface area contributed by atoms with Crippen molar-refractivity contribution in [1.82, 2.24) is 10.6 Å². The molecule has 0 aromatic heterocycles. The minimum absolute atomic E-state index is 0.0913. The molecule has 1 heterocycles. The lowest BCUT2D eigenvalue weighted by Gasteiger charge is -2.24. The minimum Gasteiger partial charge on any atom is -0.349 e. The van der Waals surface area contributed by atoms with Gasteiger partial charge in [0, 0.05) is 5.92 Å². The van der Waals surface area contributed by atoms with E-state index in [2.05, 4.69) is 36.6 Å². The number of nitrogens with one attached hydrogen (secondary N) is 2. The Morgan fingerprint density at radius 3 is 2.67 bits per heavy atom. The molecule has 0 spiro atoms. The zero-order chi connectivity index (χ0) is 13.0. The Bertz CT molecular complexity index is 411. The van der Waals surface area contributed by atoms with Crippen molar-refractivity contribution < 1.29 is 4.79 Å². The third kappa shape index (κ3) is 3.10. The second-order valence-corrected chi connectivity index (χ2v) is 5.11. The molecular weight excluding hydrogens is 224 g/mol. The fourth-order valence-electron chi connectivity index (χ4n) is 2.57. The normalized spacial score (nSPS) is 18.3. The van der Waals surface area contributed by atoms with Crippen molar-refractivity contribution in [2.75, 3.05) is 13.1 Å². The van der Waals surface area contributed by atoms with E-state index in [1.54, 1.807) is 0 Å². The van der Waals surface area contributed by atoms with Gasteiger partial charge >= 0.3 is 0 Å². The van der Waals surface area contributed by atoms with Crippen LogP contribution in [0.4, 0.5) is 0 Å². The highest BCUT2D eigenvalue weighted by Gasteiger charge is 2.22. The maximum Gasteiger partial charge on any atom is 0.223 e. The van der Waals surface area contributed by atoms with Gasteiger partial charge in [-0.05, 0) is 50.9 Å². The Balaban J connectivity index is 1.96. The largest absolute Gasteiger partial charge is 0.349 e. The molecule has 1 amide bonds. The first-order chi connectivity index (χ1) is 8.68. The summed E-state index contributed by atoms with van der Waals surface area (Å²) in [5, 5.41) is 6.42. The van der Waals surface area contributed by atoms with E-state index in [1.165, 1.54) is 11.1 Å². The van der Waals surface area contributed by atoms with Crippen LogP contribution < -0.4 is 10.6 Å². The molecule has 2 N–H and O–H groups in total. The van der Waals surface area contributed by atoms with Gasteiger partial charge in [-0.25, -0.2) is 0 Å². The second-order valence-electron chi connectivity index (χ2n) is 5.11. The third-order valence-corrected chi connectivity index (χ3v) is 3.72. The van der Waals surface area contributed by atoms with Gasteiger partial charge in [0.2, 0.25) is 5.91 Å². The van der Waals surface area contributed by atoms with Crippen LogP contribution >= 0.6 is 0 Å². The van der Waals surface area contributed by atoms with Crippen molar-refractivity contribution in [1.29, 1.82) is 0 Å². The van der Waals surface area contributed by atoms with E-state index < -0.39 is 0 Å². The van der Waals surface area contributed by atoms with Crippen LogP contribution in [0.1, 0.15) is 36.9 Å². The molecule has 2 rings (SSSR count). The number of amides is 1. The van der Waals surface area contributed by atoms with Gasteiger partial charge in [-0.1, -0.05) is 24.3 Å². The number of carbonyl (C=O) groups excluding carboxylic acids is 1. The van der Waals surface area contributed by atoms with E-state index >= 15 is 0 Å². The summed E-state index contributed by atoms with van der Waals surface area (Å²) in [5.74, 6) is 0.380. The van der Waals surface area contributed by atoms with Gasteiger partial charge in [-0.2, -0.15) is 0 Å². The highest BCUT2D eigenvalue weighted by Crippen LogP contribution is 2.19. The van der Waals surface area contributed by atoms with E-state index in [0.29, 0.717) is 0 Å². The lowest BCUT2D eigenvalue weighted by molar-refractivity contribution is -0.126. The average molecular weight is 246 g/mol. The Morgan fingerprint density at radius 1 is 1.33 bits per heavy atom. The summed E-state index contributed by atoms with van der Waals surface area (Å²) in [7, 11) is 0. The van der Waals surface area contributed by atoms with Gasteiger partial charge in [-0.3, -0.25) is 4.79 Å². The molecule has 0 aliphatic carbocycles. The number of aryl methyl sites for hydroxylation is 1. The summed E-state index contributed by atoms with van der Waals surface area (Å²) in [5.41, 5.74) is 2.44. The molecule has 0 bridgehead atoms. The van der Waals surface area contributed by atoms with E-state index in [1.807, 2.05) is 12.1 Å². The molecular formula is C15H22N2O. The highest BCUT2D eigenvalue weighted by atomic mass is 16.1. The smallest absolute Gasteiger partial charge is 0.223 e. The molecule has 18 heavy (non-hydrogen) atoms. The van der Waals surface area contributed by atoms with Crippen molar-refractivity contribution in [3.8, 4) is 0 Å². The van der Waals surface area contributed by atoms with Crippen LogP contribution in [0.25, 0.3) is 0 Å². The Kier molecular flexibility index (Phi) is 4.37. The predicted molar refractivity (Wildman–Crippen MR) is 73.3 cm³/mol. The van der Waals surface area contributed by atoms with E-state index in [9.17, 15) is 4.79 Å². The van der Waals surface area contributed by atoms with E-state index in [0.717, 1.165) is 25.9 Å². The number of carbonyl (C=O) groups is 1. The molecule has 1 saturated heterocycles. The molecule has 1 aromatic carbocycles. The first-order valence-electron chi connectivity index (χ1n) is 6.75. The molecule has 1 fully saturated rings. The van der Waals surface area contributed by atoms with Crippen LogP contribution in [-0.4, -0.2) is 19.0 Å². The van der Waals surface area contributed by atoms with Crippen molar-refractivity contribution in [3.05, 3.63) is 35.4 Å². The molecule has 1 aliphatic rings. The molecule has 1 aromatic rings. The summed E-state index contributed by atoms with van der Waals surface area (Å²) >= 11 is 0. The lowest BCUT2D eigenvalue weighted by atomic mass is 9.96. The average Bonchev–Trinajstić information content (AvgIpc) is 2.40. The maximum absolute atomic E-state index is 12.2. The van der Waals surface area contributed by atoms with Crippen LogP contribution in [0, 0.1) is 12.8 Å². The molecule has 1 aliphatic heterocycles. The fourth-order valence-corrected chi connectivity index (χ4v) is 2.57. The summed E-state index contributed by atoms with van der Waals surface area (Å²) < 4.78 is 0. The standard InChI is InChI=1S/C15H22N2O/c1-11-5-3-4-6-14(11)12(2)17-15(18)13-7-9-16-10-8-13/h3-6,12-13,16H,7-10H2,1-2H3,(H,17,18). The van der Waals surface area contributed by atoms with Gasteiger partial charge in [0.1, 0.15) is 0 Å². The third-order valence-electron chi connectivity index (χ3n) is 3.72. The zero-order valence-electron chi connectivity index (χ0n) is 11.2.